The molecule has 0 bridgehead atoms. The van der Waals surface area contributed by atoms with E-state index in [0.29, 0.717) is 5.75 Å². The van der Waals surface area contributed by atoms with E-state index in [1.807, 2.05) is 13.0 Å². The number of aryl methyl sites for hydroxylation is 2. The van der Waals surface area contributed by atoms with Gasteiger partial charge in [0.15, 0.2) is 0 Å². The number of hydrogen-bond acceptors (Lipinski definition) is 2. The van der Waals surface area contributed by atoms with Gasteiger partial charge in [0.1, 0.15) is 5.75 Å². The minimum absolute atomic E-state index is 0.0350. The van der Waals surface area contributed by atoms with Crippen LogP contribution < -0.4 is 5.32 Å². The molecular weight excluding hydrogens is 306 g/mol. The predicted octanol–water partition coefficient (Wildman–Crippen LogP) is 5.72. The second kappa shape index (κ2) is 6.53. The number of hydrogen-bond donors (Lipinski definition) is 2. The summed E-state index contributed by atoms with van der Waals surface area (Å²) < 4.78 is 0. The first-order valence-electron chi connectivity index (χ1n) is 8.82. The fraction of sp³-hybridized carbons (Fsp3) is 0.304. The lowest BCUT2D eigenvalue weighted by Gasteiger charge is -2.23. The number of rotatable bonds is 3. The van der Waals surface area contributed by atoms with Crippen molar-refractivity contribution < 1.29 is 5.11 Å². The van der Waals surface area contributed by atoms with Crippen LogP contribution in [0.25, 0.3) is 21.9 Å². The molecule has 0 spiro atoms. The van der Waals surface area contributed by atoms with Gasteiger partial charge in [-0.1, -0.05) is 42.5 Å². The van der Waals surface area contributed by atoms with Crippen molar-refractivity contribution in [2.24, 2.45) is 0 Å². The Bertz CT molecular complexity index is 896. The molecule has 0 unspecified atom stereocenters. The molecule has 2 nitrogen and oxygen atoms in total. The van der Waals surface area contributed by atoms with Gasteiger partial charge in [-0.3, -0.25) is 0 Å². The van der Waals surface area contributed by atoms with Gasteiger partial charge in [-0.15, -0.1) is 0 Å². The standard InChI is InChI=1S/C23H27NO/c1-15-12-16(2)21(20(25)13-15)22-18(14-24-23(3,4)5)11-10-17-8-6-7-9-19(17)22/h6-13,24-25H,14H2,1-5H3. The quantitative estimate of drug-likeness (QED) is 0.643. The minimum atomic E-state index is 0.0350. The second-order valence-electron chi connectivity index (χ2n) is 7.90. The Morgan fingerprint density at radius 1 is 0.920 bits per heavy atom. The number of phenolic OH excluding ortho intramolecular Hbond substituents is 1. The highest BCUT2D eigenvalue weighted by Crippen LogP contribution is 2.40. The number of benzene rings is 3. The van der Waals surface area contributed by atoms with Crippen molar-refractivity contribution in [2.75, 3.05) is 0 Å². The van der Waals surface area contributed by atoms with Crippen LogP contribution in [0.3, 0.4) is 0 Å². The van der Waals surface area contributed by atoms with E-state index in [-0.39, 0.29) is 5.54 Å². The summed E-state index contributed by atoms with van der Waals surface area (Å²) in [6, 6.07) is 16.7. The molecule has 0 aliphatic heterocycles. The molecule has 0 radical (unpaired) electrons. The Hall–Kier alpha value is -2.32. The summed E-state index contributed by atoms with van der Waals surface area (Å²) in [6.07, 6.45) is 0. The molecule has 3 rings (SSSR count). The van der Waals surface area contributed by atoms with Gasteiger partial charge in [-0.05, 0) is 73.7 Å². The molecule has 0 amide bonds. The molecular formula is C23H27NO. The van der Waals surface area contributed by atoms with Crippen molar-refractivity contribution in [1.29, 1.82) is 0 Å². The van der Waals surface area contributed by atoms with Gasteiger partial charge in [0.05, 0.1) is 0 Å². The average Bonchev–Trinajstić information content (AvgIpc) is 2.52. The summed E-state index contributed by atoms with van der Waals surface area (Å²) >= 11 is 0. The normalized spacial score (nSPS) is 11.9. The lowest BCUT2D eigenvalue weighted by Crippen LogP contribution is -2.35. The Kier molecular flexibility index (Phi) is 4.57. The molecule has 2 heteroatoms. The molecule has 0 atom stereocenters. The lowest BCUT2D eigenvalue weighted by molar-refractivity contribution is 0.424. The Balaban J connectivity index is 2.27. The zero-order chi connectivity index (χ0) is 18.2. The summed E-state index contributed by atoms with van der Waals surface area (Å²) in [6.45, 7) is 11.4. The van der Waals surface area contributed by atoms with Crippen LogP contribution in [-0.4, -0.2) is 10.6 Å². The van der Waals surface area contributed by atoms with Crippen LogP contribution in [0.4, 0.5) is 0 Å². The summed E-state index contributed by atoms with van der Waals surface area (Å²) in [4.78, 5) is 0. The molecule has 0 fully saturated rings. The molecule has 130 valence electrons. The van der Waals surface area contributed by atoms with Gasteiger partial charge >= 0.3 is 0 Å². The third-order valence-corrected chi connectivity index (χ3v) is 4.53. The molecule has 0 aromatic heterocycles. The van der Waals surface area contributed by atoms with E-state index in [1.54, 1.807) is 0 Å². The third kappa shape index (κ3) is 3.69. The van der Waals surface area contributed by atoms with Crippen molar-refractivity contribution in [1.82, 2.24) is 5.32 Å². The molecule has 0 aliphatic carbocycles. The largest absolute Gasteiger partial charge is 0.507 e. The Labute approximate surface area is 150 Å². The molecule has 0 heterocycles. The Morgan fingerprint density at radius 3 is 2.32 bits per heavy atom. The molecule has 3 aromatic carbocycles. The lowest BCUT2D eigenvalue weighted by atomic mass is 9.89. The highest BCUT2D eigenvalue weighted by Gasteiger charge is 2.17. The van der Waals surface area contributed by atoms with Crippen LogP contribution in [0.5, 0.6) is 5.75 Å². The van der Waals surface area contributed by atoms with Gasteiger partial charge in [0.25, 0.3) is 0 Å². The van der Waals surface area contributed by atoms with Crippen LogP contribution >= 0.6 is 0 Å². The van der Waals surface area contributed by atoms with Crippen molar-refractivity contribution in [3.8, 4) is 16.9 Å². The summed E-state index contributed by atoms with van der Waals surface area (Å²) in [5, 5.41) is 16.7. The average molecular weight is 333 g/mol. The highest BCUT2D eigenvalue weighted by atomic mass is 16.3. The molecule has 3 aromatic rings. The zero-order valence-corrected chi connectivity index (χ0v) is 15.8. The summed E-state index contributed by atoms with van der Waals surface area (Å²) in [5.74, 6) is 0.353. The van der Waals surface area contributed by atoms with Gasteiger partial charge in [0, 0.05) is 17.6 Å². The van der Waals surface area contributed by atoms with Crippen molar-refractivity contribution in [2.45, 2.75) is 46.7 Å². The number of fused-ring (bicyclic) bond motifs is 1. The number of aromatic hydroxyl groups is 1. The van der Waals surface area contributed by atoms with E-state index < -0.39 is 0 Å². The van der Waals surface area contributed by atoms with Gasteiger partial charge < -0.3 is 10.4 Å². The van der Waals surface area contributed by atoms with Crippen molar-refractivity contribution in [3.63, 3.8) is 0 Å². The molecule has 2 N–H and O–H groups in total. The monoisotopic (exact) mass is 333 g/mol. The smallest absolute Gasteiger partial charge is 0.123 e. The van der Waals surface area contributed by atoms with E-state index >= 15 is 0 Å². The van der Waals surface area contributed by atoms with Gasteiger partial charge in [-0.25, -0.2) is 0 Å². The third-order valence-electron chi connectivity index (χ3n) is 4.53. The fourth-order valence-electron chi connectivity index (χ4n) is 3.39. The fourth-order valence-corrected chi connectivity index (χ4v) is 3.39. The topological polar surface area (TPSA) is 32.3 Å². The summed E-state index contributed by atoms with van der Waals surface area (Å²) in [7, 11) is 0. The maximum Gasteiger partial charge on any atom is 0.123 e. The first kappa shape index (κ1) is 17.5. The van der Waals surface area contributed by atoms with Gasteiger partial charge in [0.2, 0.25) is 0 Å². The molecule has 0 aliphatic rings. The van der Waals surface area contributed by atoms with Crippen LogP contribution in [0.1, 0.15) is 37.5 Å². The first-order valence-corrected chi connectivity index (χ1v) is 8.82. The Morgan fingerprint density at radius 2 is 1.64 bits per heavy atom. The van der Waals surface area contributed by atoms with E-state index in [0.717, 1.165) is 28.8 Å². The number of phenols is 1. The second-order valence-corrected chi connectivity index (χ2v) is 7.90. The molecule has 0 saturated heterocycles. The SMILES string of the molecule is Cc1cc(C)c(-c2c(CNC(C)(C)C)ccc3ccccc23)c(O)c1. The summed E-state index contributed by atoms with van der Waals surface area (Å²) in [5.41, 5.74) is 5.49. The molecule has 0 saturated carbocycles. The van der Waals surface area contributed by atoms with Crippen LogP contribution in [0.2, 0.25) is 0 Å². The maximum atomic E-state index is 10.7. The van der Waals surface area contributed by atoms with E-state index in [1.165, 1.54) is 16.3 Å². The van der Waals surface area contributed by atoms with E-state index in [4.69, 9.17) is 0 Å². The zero-order valence-electron chi connectivity index (χ0n) is 15.8. The molecule has 25 heavy (non-hydrogen) atoms. The highest BCUT2D eigenvalue weighted by molar-refractivity contribution is 6.00. The van der Waals surface area contributed by atoms with Crippen molar-refractivity contribution >= 4 is 10.8 Å². The number of nitrogens with one attached hydrogen (secondary N) is 1. The maximum absolute atomic E-state index is 10.7. The van der Waals surface area contributed by atoms with E-state index in [2.05, 4.69) is 75.5 Å². The van der Waals surface area contributed by atoms with E-state index in [9.17, 15) is 5.11 Å². The van der Waals surface area contributed by atoms with Crippen LogP contribution in [0.15, 0.2) is 48.5 Å². The minimum Gasteiger partial charge on any atom is -0.507 e. The van der Waals surface area contributed by atoms with Gasteiger partial charge in [-0.2, -0.15) is 0 Å². The first-order chi connectivity index (χ1) is 11.8. The van der Waals surface area contributed by atoms with Crippen molar-refractivity contribution in [3.05, 3.63) is 65.2 Å². The van der Waals surface area contributed by atoms with Crippen LogP contribution in [-0.2, 0) is 6.54 Å². The van der Waals surface area contributed by atoms with Crippen LogP contribution in [0, 0.1) is 13.8 Å². The predicted molar refractivity (Wildman–Crippen MR) is 107 cm³/mol.